The van der Waals surface area contributed by atoms with E-state index in [2.05, 4.69) is 32.7 Å². The van der Waals surface area contributed by atoms with Gasteiger partial charge in [-0.05, 0) is 31.9 Å². The number of ether oxygens (including phenoxy) is 2. The topological polar surface area (TPSA) is 84.8 Å². The van der Waals surface area contributed by atoms with Crippen molar-refractivity contribution in [3.8, 4) is 0 Å². The molecule has 2 aromatic rings. The van der Waals surface area contributed by atoms with Crippen molar-refractivity contribution in [3.63, 3.8) is 0 Å². The lowest BCUT2D eigenvalue weighted by Crippen LogP contribution is -2.38. The van der Waals surface area contributed by atoms with Gasteiger partial charge < -0.3 is 20.1 Å². The lowest BCUT2D eigenvalue weighted by Gasteiger charge is -2.17. The van der Waals surface area contributed by atoms with E-state index in [1.807, 2.05) is 26.0 Å². The fourth-order valence-corrected chi connectivity index (χ4v) is 3.62. The predicted molar refractivity (Wildman–Crippen MR) is 127 cm³/mol. The first-order valence-electron chi connectivity index (χ1n) is 9.17. The Hall–Kier alpha value is -1.72. The Labute approximate surface area is 193 Å². The van der Waals surface area contributed by atoms with Crippen LogP contribution in [0.2, 0.25) is 0 Å². The number of nitrogens with zero attached hydrogens (tertiary/aromatic N) is 2. The molecule has 7 nitrogen and oxygen atoms in total. The Balaban J connectivity index is 0.00000420. The number of nitrogens with one attached hydrogen (secondary N) is 2. The molecule has 0 saturated heterocycles. The number of aromatic nitrogens is 1. The van der Waals surface area contributed by atoms with Gasteiger partial charge in [0.1, 0.15) is 9.88 Å². The van der Waals surface area contributed by atoms with Gasteiger partial charge in [0.25, 0.3) is 0 Å². The number of esters is 1. The number of hydrogen-bond acceptors (Lipinski definition) is 6. The van der Waals surface area contributed by atoms with Crippen molar-refractivity contribution in [3.05, 3.63) is 51.0 Å². The van der Waals surface area contributed by atoms with Crippen molar-refractivity contribution in [1.29, 1.82) is 0 Å². The molecule has 2 N–H and O–H groups in total. The molecule has 0 saturated carbocycles. The zero-order valence-electron chi connectivity index (χ0n) is 17.4. The molecule has 0 aliphatic carbocycles. The highest BCUT2D eigenvalue weighted by molar-refractivity contribution is 14.0. The van der Waals surface area contributed by atoms with E-state index in [0.717, 1.165) is 16.1 Å². The van der Waals surface area contributed by atoms with Gasteiger partial charge in [0.2, 0.25) is 0 Å². The number of carbonyl (C=O) groups excluding carboxylic acids is 1. The number of rotatable bonds is 8. The second-order valence-electron chi connectivity index (χ2n) is 6.18. The number of aryl methyl sites for hydroxylation is 1. The SMILES string of the molecule is CCOC(=O)c1sc(C(C)NC(=NC)NCc2ccccc2COC)nc1C.I. The molecule has 2 rings (SSSR count). The molecule has 0 fully saturated rings. The summed E-state index contributed by atoms with van der Waals surface area (Å²) in [6.45, 7) is 7.13. The minimum Gasteiger partial charge on any atom is -0.462 e. The summed E-state index contributed by atoms with van der Waals surface area (Å²) in [4.78, 5) is 21.3. The highest BCUT2D eigenvalue weighted by Gasteiger charge is 2.20. The van der Waals surface area contributed by atoms with Gasteiger partial charge in [-0.25, -0.2) is 9.78 Å². The number of aliphatic imine (C=N–C) groups is 1. The Morgan fingerprint density at radius 2 is 2.00 bits per heavy atom. The van der Waals surface area contributed by atoms with Crippen molar-refractivity contribution in [2.75, 3.05) is 20.8 Å². The minimum absolute atomic E-state index is 0. The molecule has 0 amide bonds. The molecule has 0 radical (unpaired) electrons. The third-order valence-corrected chi connectivity index (χ3v) is 5.41. The van der Waals surface area contributed by atoms with Crippen LogP contribution < -0.4 is 10.6 Å². The molecule has 1 aromatic carbocycles. The maximum absolute atomic E-state index is 12.0. The summed E-state index contributed by atoms with van der Waals surface area (Å²) in [6, 6.07) is 8.01. The molecular formula is C20H29IN4O3S. The van der Waals surface area contributed by atoms with Crippen LogP contribution in [0.15, 0.2) is 29.3 Å². The Bertz CT molecular complexity index is 826. The van der Waals surface area contributed by atoms with E-state index in [4.69, 9.17) is 9.47 Å². The van der Waals surface area contributed by atoms with E-state index in [-0.39, 0.29) is 36.0 Å². The summed E-state index contributed by atoms with van der Waals surface area (Å²) in [5.74, 6) is 0.332. The number of halogens is 1. The molecule has 1 unspecified atom stereocenters. The molecule has 9 heteroatoms. The largest absolute Gasteiger partial charge is 0.462 e. The molecule has 0 aliphatic heterocycles. The minimum atomic E-state index is -0.326. The van der Waals surface area contributed by atoms with Crippen molar-refractivity contribution in [2.24, 2.45) is 4.99 Å². The third kappa shape index (κ3) is 7.23. The molecule has 1 atom stereocenters. The van der Waals surface area contributed by atoms with Crippen LogP contribution >= 0.6 is 35.3 Å². The van der Waals surface area contributed by atoms with Crippen LogP contribution in [-0.4, -0.2) is 37.7 Å². The average Bonchev–Trinajstić information content (AvgIpc) is 3.08. The van der Waals surface area contributed by atoms with E-state index in [9.17, 15) is 4.79 Å². The smallest absolute Gasteiger partial charge is 0.350 e. The molecule has 160 valence electrons. The maximum Gasteiger partial charge on any atom is 0.350 e. The zero-order chi connectivity index (χ0) is 20.5. The van der Waals surface area contributed by atoms with Crippen LogP contribution in [0, 0.1) is 6.92 Å². The number of carbonyl (C=O) groups is 1. The summed E-state index contributed by atoms with van der Waals surface area (Å²) in [5.41, 5.74) is 2.97. The number of methoxy groups -OCH3 is 1. The number of guanidine groups is 1. The van der Waals surface area contributed by atoms with E-state index >= 15 is 0 Å². The van der Waals surface area contributed by atoms with Gasteiger partial charge in [0.05, 0.1) is 24.9 Å². The lowest BCUT2D eigenvalue weighted by atomic mass is 10.1. The van der Waals surface area contributed by atoms with E-state index in [0.29, 0.717) is 36.3 Å². The van der Waals surface area contributed by atoms with Gasteiger partial charge in [-0.15, -0.1) is 35.3 Å². The van der Waals surface area contributed by atoms with E-state index in [1.54, 1.807) is 21.1 Å². The monoisotopic (exact) mass is 532 g/mol. The maximum atomic E-state index is 12.0. The molecular weight excluding hydrogens is 503 g/mol. The number of benzene rings is 1. The second-order valence-corrected chi connectivity index (χ2v) is 7.21. The third-order valence-electron chi connectivity index (χ3n) is 4.09. The van der Waals surface area contributed by atoms with Gasteiger partial charge >= 0.3 is 5.97 Å². The van der Waals surface area contributed by atoms with Gasteiger partial charge in [0, 0.05) is 20.7 Å². The van der Waals surface area contributed by atoms with Crippen molar-refractivity contribution in [2.45, 2.75) is 40.0 Å². The van der Waals surface area contributed by atoms with Crippen LogP contribution in [0.3, 0.4) is 0 Å². The predicted octanol–water partition coefficient (Wildman–Crippen LogP) is 3.82. The Morgan fingerprint density at radius 3 is 2.62 bits per heavy atom. The fourth-order valence-electron chi connectivity index (χ4n) is 2.66. The van der Waals surface area contributed by atoms with Crippen molar-refractivity contribution < 1.29 is 14.3 Å². The van der Waals surface area contributed by atoms with Gasteiger partial charge in [-0.1, -0.05) is 24.3 Å². The first-order chi connectivity index (χ1) is 13.5. The van der Waals surface area contributed by atoms with Crippen molar-refractivity contribution in [1.82, 2.24) is 15.6 Å². The molecule has 29 heavy (non-hydrogen) atoms. The summed E-state index contributed by atoms with van der Waals surface area (Å²) in [5, 5.41) is 7.45. The molecule has 1 heterocycles. The first kappa shape index (κ1) is 25.3. The Morgan fingerprint density at radius 1 is 1.31 bits per heavy atom. The quantitative estimate of drug-likeness (QED) is 0.233. The summed E-state index contributed by atoms with van der Waals surface area (Å²) in [6.07, 6.45) is 0. The fraction of sp³-hybridized carbons (Fsp3) is 0.450. The van der Waals surface area contributed by atoms with Gasteiger partial charge in [0.15, 0.2) is 5.96 Å². The van der Waals surface area contributed by atoms with Crippen LogP contribution in [0.25, 0.3) is 0 Å². The van der Waals surface area contributed by atoms with Crippen molar-refractivity contribution >= 4 is 47.2 Å². The molecule has 0 bridgehead atoms. The second kappa shape index (κ2) is 12.8. The lowest BCUT2D eigenvalue weighted by molar-refractivity contribution is 0.0531. The first-order valence-corrected chi connectivity index (χ1v) is 9.99. The summed E-state index contributed by atoms with van der Waals surface area (Å²) in [7, 11) is 3.41. The van der Waals surface area contributed by atoms with Gasteiger partial charge in [-0.3, -0.25) is 4.99 Å². The van der Waals surface area contributed by atoms with Crippen LogP contribution in [0.5, 0.6) is 0 Å². The summed E-state index contributed by atoms with van der Waals surface area (Å²) >= 11 is 1.34. The Kier molecular flexibility index (Phi) is 11.1. The zero-order valence-corrected chi connectivity index (χ0v) is 20.6. The van der Waals surface area contributed by atoms with E-state index in [1.165, 1.54) is 11.3 Å². The van der Waals surface area contributed by atoms with Crippen LogP contribution in [0.1, 0.15) is 51.4 Å². The normalized spacial score (nSPS) is 12.1. The number of hydrogen-bond donors (Lipinski definition) is 2. The van der Waals surface area contributed by atoms with E-state index < -0.39 is 0 Å². The molecule has 1 aromatic heterocycles. The highest BCUT2D eigenvalue weighted by Crippen LogP contribution is 2.24. The highest BCUT2D eigenvalue weighted by atomic mass is 127. The van der Waals surface area contributed by atoms with Gasteiger partial charge in [-0.2, -0.15) is 0 Å². The average molecular weight is 532 g/mol. The standard InChI is InChI=1S/C20H28N4O3S.HI/c1-6-27-19(25)17-13(2)23-18(28-17)14(3)24-20(21-4)22-11-15-9-7-8-10-16(15)12-26-5;/h7-10,14H,6,11-12H2,1-5H3,(H2,21,22,24);1H. The number of thiazole rings is 1. The molecule has 0 aliphatic rings. The van der Waals surface area contributed by atoms with Crippen LogP contribution in [-0.2, 0) is 22.6 Å². The van der Waals surface area contributed by atoms with Crippen LogP contribution in [0.4, 0.5) is 0 Å². The molecule has 0 spiro atoms. The summed E-state index contributed by atoms with van der Waals surface area (Å²) < 4.78 is 10.3.